The molecule has 108 valence electrons. The lowest BCUT2D eigenvalue weighted by atomic mass is 9.86. The van der Waals surface area contributed by atoms with Gasteiger partial charge in [0.25, 0.3) is 0 Å². The second-order valence-electron chi connectivity index (χ2n) is 6.93. The predicted molar refractivity (Wildman–Crippen MR) is 82.9 cm³/mol. The summed E-state index contributed by atoms with van der Waals surface area (Å²) in [6.07, 6.45) is 17.9. The van der Waals surface area contributed by atoms with E-state index in [2.05, 4.69) is 20.8 Å². The first kappa shape index (κ1) is 16.1. The molecule has 1 rings (SSSR count). The fourth-order valence-electron chi connectivity index (χ4n) is 3.61. The number of hydrogen-bond donors (Lipinski definition) is 0. The van der Waals surface area contributed by atoms with Crippen molar-refractivity contribution in [2.75, 3.05) is 0 Å². The van der Waals surface area contributed by atoms with Crippen molar-refractivity contribution >= 4 is 0 Å². The first-order chi connectivity index (χ1) is 8.74. The molecule has 0 N–H and O–H groups in total. The molecule has 2 unspecified atom stereocenters. The topological polar surface area (TPSA) is 0 Å². The smallest absolute Gasteiger partial charge is 0.0391 e. The highest BCUT2D eigenvalue weighted by atomic mass is 14.2. The van der Waals surface area contributed by atoms with Crippen LogP contribution >= 0.6 is 0 Å². The maximum absolute atomic E-state index is 2.42. The molecule has 1 saturated carbocycles. The third kappa shape index (κ3) is 6.81. The van der Waals surface area contributed by atoms with Crippen LogP contribution in [0.4, 0.5) is 0 Å². The normalized spacial score (nSPS) is 26.7. The van der Waals surface area contributed by atoms with Gasteiger partial charge in [0.15, 0.2) is 0 Å². The van der Waals surface area contributed by atoms with Crippen LogP contribution in [0.25, 0.3) is 0 Å². The first-order valence-electron chi connectivity index (χ1n) is 8.74. The molecule has 0 heteroatoms. The third-order valence-corrected chi connectivity index (χ3v) is 5.03. The van der Waals surface area contributed by atoms with E-state index in [1.807, 2.05) is 0 Å². The van der Waals surface area contributed by atoms with E-state index >= 15 is 0 Å². The average molecular weight is 252 g/mol. The molecule has 18 heavy (non-hydrogen) atoms. The summed E-state index contributed by atoms with van der Waals surface area (Å²) in [7, 11) is 0. The van der Waals surface area contributed by atoms with Crippen molar-refractivity contribution < 1.29 is 0 Å². The van der Waals surface area contributed by atoms with Crippen LogP contribution in [0.15, 0.2) is 0 Å². The molecule has 0 amide bonds. The Kier molecular flexibility index (Phi) is 8.80. The quantitative estimate of drug-likeness (QED) is 0.468. The lowest BCUT2D eigenvalue weighted by Gasteiger charge is -2.20. The molecule has 0 nitrogen and oxygen atoms in total. The van der Waals surface area contributed by atoms with E-state index in [9.17, 15) is 0 Å². The highest BCUT2D eigenvalue weighted by molar-refractivity contribution is 4.69. The minimum absolute atomic E-state index is 0.908. The zero-order chi connectivity index (χ0) is 13.2. The lowest BCUT2D eigenvalue weighted by Crippen LogP contribution is -2.08. The van der Waals surface area contributed by atoms with E-state index in [1.165, 1.54) is 77.0 Å². The second kappa shape index (κ2) is 9.87. The Hall–Kier alpha value is 0. The van der Waals surface area contributed by atoms with E-state index in [0.717, 1.165) is 17.8 Å². The van der Waals surface area contributed by atoms with Crippen molar-refractivity contribution in [3.8, 4) is 0 Å². The van der Waals surface area contributed by atoms with Crippen LogP contribution in [-0.4, -0.2) is 0 Å². The van der Waals surface area contributed by atoms with Gasteiger partial charge in [-0.1, -0.05) is 97.8 Å². The number of hydrogen-bond acceptors (Lipinski definition) is 0. The lowest BCUT2D eigenvalue weighted by molar-refractivity contribution is 0.320. The second-order valence-corrected chi connectivity index (χ2v) is 6.93. The van der Waals surface area contributed by atoms with E-state index in [-0.39, 0.29) is 0 Å². The highest BCUT2D eigenvalue weighted by Crippen LogP contribution is 2.31. The Morgan fingerprint density at radius 1 is 0.833 bits per heavy atom. The van der Waals surface area contributed by atoms with Gasteiger partial charge in [-0.05, 0) is 17.8 Å². The van der Waals surface area contributed by atoms with Crippen LogP contribution in [-0.2, 0) is 0 Å². The van der Waals surface area contributed by atoms with Crippen molar-refractivity contribution in [1.82, 2.24) is 0 Å². The Morgan fingerprint density at radius 3 is 2.22 bits per heavy atom. The van der Waals surface area contributed by atoms with Crippen molar-refractivity contribution in [2.24, 2.45) is 17.8 Å². The fraction of sp³-hybridized carbons (Fsp3) is 1.00. The van der Waals surface area contributed by atoms with Gasteiger partial charge in [0, 0.05) is 0 Å². The molecule has 0 spiro atoms. The average Bonchev–Trinajstić information content (AvgIpc) is 2.46. The summed E-state index contributed by atoms with van der Waals surface area (Å²) in [5, 5.41) is 0. The summed E-state index contributed by atoms with van der Waals surface area (Å²) in [4.78, 5) is 0. The molecular formula is C18H36. The van der Waals surface area contributed by atoms with Gasteiger partial charge in [-0.2, -0.15) is 0 Å². The standard InChI is InChI=1S/C18H36/c1-4-5-6-7-11-17-12-8-9-14-18(16(2)3)15-10-13-17/h16-18H,4-15H2,1-3H3. The SMILES string of the molecule is CCCCCCC1CCCCC(C(C)C)CCC1. The van der Waals surface area contributed by atoms with Gasteiger partial charge in [0.1, 0.15) is 0 Å². The van der Waals surface area contributed by atoms with Gasteiger partial charge in [0.05, 0.1) is 0 Å². The Labute approximate surface area is 116 Å². The summed E-state index contributed by atoms with van der Waals surface area (Å²) in [5.74, 6) is 2.99. The summed E-state index contributed by atoms with van der Waals surface area (Å²) in [6.45, 7) is 7.15. The molecule has 0 aliphatic heterocycles. The number of rotatable bonds is 6. The summed E-state index contributed by atoms with van der Waals surface area (Å²) < 4.78 is 0. The van der Waals surface area contributed by atoms with E-state index < -0.39 is 0 Å². The van der Waals surface area contributed by atoms with Gasteiger partial charge in [0.2, 0.25) is 0 Å². The minimum Gasteiger partial charge on any atom is -0.0654 e. The van der Waals surface area contributed by atoms with Crippen LogP contribution in [0.5, 0.6) is 0 Å². The van der Waals surface area contributed by atoms with Crippen molar-refractivity contribution in [1.29, 1.82) is 0 Å². The largest absolute Gasteiger partial charge is 0.0654 e. The molecule has 1 aliphatic carbocycles. The zero-order valence-electron chi connectivity index (χ0n) is 13.2. The molecule has 0 aromatic rings. The van der Waals surface area contributed by atoms with Crippen molar-refractivity contribution in [3.05, 3.63) is 0 Å². The Bertz CT molecular complexity index is 182. The molecular weight excluding hydrogens is 216 g/mol. The third-order valence-electron chi connectivity index (χ3n) is 5.03. The van der Waals surface area contributed by atoms with E-state index in [0.29, 0.717) is 0 Å². The molecule has 0 aromatic heterocycles. The van der Waals surface area contributed by atoms with Crippen LogP contribution in [0, 0.1) is 17.8 Å². The van der Waals surface area contributed by atoms with Crippen LogP contribution in [0.3, 0.4) is 0 Å². The summed E-state index contributed by atoms with van der Waals surface area (Å²) in [6, 6.07) is 0. The highest BCUT2D eigenvalue weighted by Gasteiger charge is 2.17. The monoisotopic (exact) mass is 252 g/mol. The van der Waals surface area contributed by atoms with Crippen LogP contribution in [0.2, 0.25) is 0 Å². The first-order valence-corrected chi connectivity index (χ1v) is 8.74. The molecule has 2 atom stereocenters. The van der Waals surface area contributed by atoms with Gasteiger partial charge < -0.3 is 0 Å². The van der Waals surface area contributed by atoms with Crippen molar-refractivity contribution in [3.63, 3.8) is 0 Å². The molecule has 0 bridgehead atoms. The van der Waals surface area contributed by atoms with Gasteiger partial charge in [-0.3, -0.25) is 0 Å². The van der Waals surface area contributed by atoms with E-state index in [1.54, 1.807) is 0 Å². The van der Waals surface area contributed by atoms with Crippen LogP contribution < -0.4 is 0 Å². The summed E-state index contributed by atoms with van der Waals surface area (Å²) in [5.41, 5.74) is 0. The van der Waals surface area contributed by atoms with Crippen molar-refractivity contribution in [2.45, 2.75) is 97.8 Å². The predicted octanol–water partition coefficient (Wildman–Crippen LogP) is 6.59. The Morgan fingerprint density at radius 2 is 1.50 bits per heavy atom. The van der Waals surface area contributed by atoms with Gasteiger partial charge in [-0.25, -0.2) is 0 Å². The molecule has 0 saturated heterocycles. The molecule has 1 aliphatic rings. The molecule has 0 radical (unpaired) electrons. The summed E-state index contributed by atoms with van der Waals surface area (Å²) >= 11 is 0. The molecule has 1 fully saturated rings. The zero-order valence-corrected chi connectivity index (χ0v) is 13.2. The van der Waals surface area contributed by atoms with E-state index in [4.69, 9.17) is 0 Å². The fourth-order valence-corrected chi connectivity index (χ4v) is 3.61. The van der Waals surface area contributed by atoms with Gasteiger partial charge in [-0.15, -0.1) is 0 Å². The van der Waals surface area contributed by atoms with Crippen LogP contribution in [0.1, 0.15) is 97.8 Å². The number of unbranched alkanes of at least 4 members (excludes halogenated alkanes) is 3. The maximum atomic E-state index is 2.42. The Balaban J connectivity index is 2.22. The molecule has 0 aromatic carbocycles. The van der Waals surface area contributed by atoms with Gasteiger partial charge >= 0.3 is 0 Å². The molecule has 0 heterocycles. The minimum atomic E-state index is 0.908. The maximum Gasteiger partial charge on any atom is -0.0391 e.